The first-order chi connectivity index (χ1) is 8.65. The molecule has 0 amide bonds. The summed E-state index contributed by atoms with van der Waals surface area (Å²) in [5, 5.41) is 0. The fourth-order valence-corrected chi connectivity index (χ4v) is 1.87. The third kappa shape index (κ3) is 5.32. The summed E-state index contributed by atoms with van der Waals surface area (Å²) in [6, 6.07) is 8.71. The number of hydrogen-bond donors (Lipinski definition) is 0. The van der Waals surface area contributed by atoms with E-state index in [1.807, 2.05) is 7.05 Å². The molecule has 0 aliphatic heterocycles. The summed E-state index contributed by atoms with van der Waals surface area (Å²) in [6.07, 6.45) is 2.76. The first-order valence-corrected chi connectivity index (χ1v) is 6.49. The summed E-state index contributed by atoms with van der Waals surface area (Å²) in [7, 11) is 3.44. The Kier molecular flexibility index (Phi) is 6.44. The molecule has 0 atom stereocenters. The lowest BCUT2D eigenvalue weighted by atomic mass is 10.1. The molecular weight excluding hydrogens is 226 g/mol. The van der Waals surface area contributed by atoms with E-state index in [2.05, 4.69) is 40.8 Å². The zero-order valence-electron chi connectivity index (χ0n) is 11.6. The minimum absolute atomic E-state index is 0.153. The summed E-state index contributed by atoms with van der Waals surface area (Å²) in [5.41, 5.74) is 2.67. The zero-order chi connectivity index (χ0) is 13.4. The van der Waals surface area contributed by atoms with Crippen LogP contribution in [0.2, 0.25) is 0 Å². The van der Waals surface area contributed by atoms with E-state index in [0.717, 1.165) is 19.5 Å². The van der Waals surface area contributed by atoms with Gasteiger partial charge in [0, 0.05) is 13.1 Å². The summed E-state index contributed by atoms with van der Waals surface area (Å²) >= 11 is 0. The Bertz CT molecular complexity index is 359. The first kappa shape index (κ1) is 14.7. The number of carbonyl (C=O) groups excluding carboxylic acids is 1. The normalized spacial score (nSPS) is 10.7. The number of rotatable bonds is 7. The van der Waals surface area contributed by atoms with Crippen molar-refractivity contribution in [1.29, 1.82) is 0 Å². The molecule has 1 aromatic rings. The molecule has 0 saturated carbocycles. The maximum Gasteiger partial charge on any atom is 0.306 e. The molecule has 1 aromatic carbocycles. The molecule has 0 radical (unpaired) electrons. The molecule has 18 heavy (non-hydrogen) atoms. The van der Waals surface area contributed by atoms with Crippen molar-refractivity contribution in [3.63, 3.8) is 0 Å². The van der Waals surface area contributed by atoms with Gasteiger partial charge in [0.25, 0.3) is 0 Å². The van der Waals surface area contributed by atoms with Crippen LogP contribution in [0.5, 0.6) is 0 Å². The molecule has 0 aliphatic rings. The second kappa shape index (κ2) is 7.88. The van der Waals surface area contributed by atoms with Gasteiger partial charge >= 0.3 is 5.97 Å². The smallest absolute Gasteiger partial charge is 0.306 e. The van der Waals surface area contributed by atoms with Gasteiger partial charge in [-0.15, -0.1) is 0 Å². The first-order valence-electron chi connectivity index (χ1n) is 6.49. The zero-order valence-corrected chi connectivity index (χ0v) is 11.6. The molecule has 0 heterocycles. The summed E-state index contributed by atoms with van der Waals surface area (Å²) in [5.74, 6) is -0.153. The van der Waals surface area contributed by atoms with Crippen LogP contribution >= 0.6 is 0 Å². The number of ether oxygens (including phenoxy) is 1. The van der Waals surface area contributed by atoms with E-state index < -0.39 is 0 Å². The number of benzene rings is 1. The van der Waals surface area contributed by atoms with Crippen molar-refractivity contribution in [3.05, 3.63) is 35.4 Å². The van der Waals surface area contributed by atoms with E-state index >= 15 is 0 Å². The maximum absolute atomic E-state index is 11.0. The fourth-order valence-electron chi connectivity index (χ4n) is 1.87. The van der Waals surface area contributed by atoms with Gasteiger partial charge in [-0.3, -0.25) is 4.79 Å². The largest absolute Gasteiger partial charge is 0.469 e. The van der Waals surface area contributed by atoms with Crippen molar-refractivity contribution >= 4 is 5.97 Å². The molecule has 3 nitrogen and oxygen atoms in total. The van der Waals surface area contributed by atoms with Crippen LogP contribution in [0.1, 0.15) is 30.9 Å². The van der Waals surface area contributed by atoms with Gasteiger partial charge in [0.15, 0.2) is 0 Å². The minimum atomic E-state index is -0.153. The lowest BCUT2D eigenvalue weighted by molar-refractivity contribution is -0.140. The van der Waals surface area contributed by atoms with E-state index in [0.29, 0.717) is 6.42 Å². The Morgan fingerprint density at radius 3 is 2.39 bits per heavy atom. The third-order valence-electron chi connectivity index (χ3n) is 2.94. The predicted molar refractivity (Wildman–Crippen MR) is 73.4 cm³/mol. The van der Waals surface area contributed by atoms with Gasteiger partial charge in [0.05, 0.1) is 13.5 Å². The van der Waals surface area contributed by atoms with Crippen molar-refractivity contribution < 1.29 is 9.53 Å². The highest BCUT2D eigenvalue weighted by Gasteiger charge is 2.04. The molecule has 0 fully saturated rings. The van der Waals surface area contributed by atoms with Crippen LogP contribution < -0.4 is 0 Å². The van der Waals surface area contributed by atoms with Gasteiger partial charge in [-0.1, -0.05) is 37.6 Å². The molecule has 0 saturated heterocycles. The molecule has 0 unspecified atom stereocenters. The van der Waals surface area contributed by atoms with Gasteiger partial charge in [-0.05, 0) is 24.6 Å². The van der Waals surface area contributed by atoms with E-state index in [1.165, 1.54) is 24.7 Å². The Balaban J connectivity index is 2.39. The number of hydrogen-bond acceptors (Lipinski definition) is 3. The molecule has 0 N–H and O–H groups in total. The Hall–Kier alpha value is -1.35. The van der Waals surface area contributed by atoms with Gasteiger partial charge in [-0.25, -0.2) is 0 Å². The molecule has 0 spiro atoms. The second-order valence-corrected chi connectivity index (χ2v) is 4.63. The molecule has 100 valence electrons. The number of methoxy groups -OCH3 is 1. The monoisotopic (exact) mass is 249 g/mol. The van der Waals surface area contributed by atoms with Crippen LogP contribution in [0.4, 0.5) is 0 Å². The van der Waals surface area contributed by atoms with Gasteiger partial charge in [-0.2, -0.15) is 0 Å². The lowest BCUT2D eigenvalue weighted by Gasteiger charge is -2.16. The molecule has 3 heteroatoms. The third-order valence-corrected chi connectivity index (χ3v) is 2.94. The standard InChI is InChI=1S/C15H23NO2/c1-4-5-13-6-8-14(9-7-13)12-16(2)11-10-15(17)18-3/h6-9H,4-5,10-12H2,1-3H3. The predicted octanol–water partition coefficient (Wildman–Crippen LogP) is 2.63. The average Bonchev–Trinajstić information content (AvgIpc) is 2.38. The summed E-state index contributed by atoms with van der Waals surface area (Å²) in [6.45, 7) is 3.78. The van der Waals surface area contributed by atoms with Gasteiger partial charge < -0.3 is 9.64 Å². The lowest BCUT2D eigenvalue weighted by Crippen LogP contribution is -2.21. The van der Waals surface area contributed by atoms with Crippen LogP contribution in [-0.4, -0.2) is 31.6 Å². The van der Waals surface area contributed by atoms with Crippen molar-refractivity contribution in [3.8, 4) is 0 Å². The van der Waals surface area contributed by atoms with Crippen LogP contribution in [-0.2, 0) is 22.5 Å². The van der Waals surface area contributed by atoms with Crippen molar-refractivity contribution in [2.45, 2.75) is 32.7 Å². The van der Waals surface area contributed by atoms with E-state index in [4.69, 9.17) is 0 Å². The quantitative estimate of drug-likeness (QED) is 0.696. The molecule has 0 aliphatic carbocycles. The molecule has 1 rings (SSSR count). The van der Waals surface area contributed by atoms with Crippen LogP contribution in [0, 0.1) is 0 Å². The summed E-state index contributed by atoms with van der Waals surface area (Å²) in [4.78, 5) is 13.2. The highest BCUT2D eigenvalue weighted by Crippen LogP contribution is 2.08. The SMILES string of the molecule is CCCc1ccc(CN(C)CCC(=O)OC)cc1. The fraction of sp³-hybridized carbons (Fsp3) is 0.533. The number of nitrogens with zero attached hydrogens (tertiary/aromatic N) is 1. The topological polar surface area (TPSA) is 29.5 Å². The van der Waals surface area contributed by atoms with E-state index in [9.17, 15) is 4.79 Å². The Morgan fingerprint density at radius 2 is 1.83 bits per heavy atom. The van der Waals surface area contributed by atoms with Crippen molar-refractivity contribution in [2.75, 3.05) is 20.7 Å². The van der Waals surface area contributed by atoms with Gasteiger partial charge in [0.1, 0.15) is 0 Å². The van der Waals surface area contributed by atoms with Gasteiger partial charge in [0.2, 0.25) is 0 Å². The molecule has 0 aromatic heterocycles. The highest BCUT2D eigenvalue weighted by atomic mass is 16.5. The average molecular weight is 249 g/mol. The number of carbonyl (C=O) groups is 1. The Labute approximate surface area is 110 Å². The maximum atomic E-state index is 11.0. The van der Waals surface area contributed by atoms with E-state index in [1.54, 1.807) is 0 Å². The Morgan fingerprint density at radius 1 is 1.22 bits per heavy atom. The van der Waals surface area contributed by atoms with Crippen molar-refractivity contribution in [1.82, 2.24) is 4.90 Å². The summed E-state index contributed by atoms with van der Waals surface area (Å²) < 4.78 is 4.63. The highest BCUT2D eigenvalue weighted by molar-refractivity contribution is 5.69. The molecular formula is C15H23NO2. The van der Waals surface area contributed by atoms with E-state index in [-0.39, 0.29) is 5.97 Å². The van der Waals surface area contributed by atoms with Crippen LogP contribution in [0.25, 0.3) is 0 Å². The second-order valence-electron chi connectivity index (χ2n) is 4.63. The van der Waals surface area contributed by atoms with Crippen LogP contribution in [0.15, 0.2) is 24.3 Å². The molecule has 0 bridgehead atoms. The van der Waals surface area contributed by atoms with Crippen molar-refractivity contribution in [2.24, 2.45) is 0 Å². The minimum Gasteiger partial charge on any atom is -0.469 e. The number of aryl methyl sites for hydroxylation is 1. The van der Waals surface area contributed by atoms with Crippen LogP contribution in [0.3, 0.4) is 0 Å². The number of esters is 1.